The van der Waals surface area contributed by atoms with Gasteiger partial charge in [-0.1, -0.05) is 35.5 Å². The number of nitrogens with zero attached hydrogens (tertiary/aromatic N) is 2. The number of aliphatic hydroxyl groups is 1. The first-order valence-corrected chi connectivity index (χ1v) is 6.44. The van der Waals surface area contributed by atoms with Crippen molar-refractivity contribution in [3.63, 3.8) is 0 Å². The lowest BCUT2D eigenvalue weighted by atomic mass is 9.99. The van der Waals surface area contributed by atoms with Crippen molar-refractivity contribution in [2.45, 2.75) is 18.4 Å². The second kappa shape index (κ2) is 5.10. The number of hydrogen-bond donors (Lipinski definition) is 1. The molecule has 0 saturated carbocycles. The number of oxime groups is 1. The van der Waals surface area contributed by atoms with Crippen LogP contribution in [0.15, 0.2) is 53.9 Å². The van der Waals surface area contributed by atoms with Crippen LogP contribution in [0.5, 0.6) is 0 Å². The summed E-state index contributed by atoms with van der Waals surface area (Å²) < 4.78 is 38.0. The molecule has 4 nitrogen and oxygen atoms in total. The van der Waals surface area contributed by atoms with E-state index in [1.807, 2.05) is 6.07 Å². The SMILES string of the molecule is OC1(C(F)(F)F)CC(c2ccc(-c3cccnc3)cc2)=NO1. The van der Waals surface area contributed by atoms with Gasteiger partial charge in [0.25, 0.3) is 0 Å². The first kappa shape index (κ1) is 14.5. The molecule has 0 radical (unpaired) electrons. The largest absolute Gasteiger partial charge is 0.458 e. The molecule has 0 saturated heterocycles. The Bertz CT molecular complexity index is 699. The zero-order valence-corrected chi connectivity index (χ0v) is 11.2. The van der Waals surface area contributed by atoms with Crippen LogP contribution < -0.4 is 0 Å². The Morgan fingerprint density at radius 1 is 1.05 bits per heavy atom. The maximum Gasteiger partial charge on any atom is 0.458 e. The van der Waals surface area contributed by atoms with Gasteiger partial charge >= 0.3 is 12.0 Å². The Kier molecular flexibility index (Phi) is 3.37. The average molecular weight is 308 g/mol. The van der Waals surface area contributed by atoms with Gasteiger partial charge < -0.3 is 9.94 Å². The van der Waals surface area contributed by atoms with Crippen LogP contribution in [0.2, 0.25) is 0 Å². The summed E-state index contributed by atoms with van der Waals surface area (Å²) in [5.74, 6) is -3.25. The van der Waals surface area contributed by atoms with Gasteiger partial charge in [0.05, 0.1) is 12.1 Å². The van der Waals surface area contributed by atoms with E-state index in [1.165, 1.54) is 0 Å². The van der Waals surface area contributed by atoms with Crippen molar-refractivity contribution in [3.8, 4) is 11.1 Å². The quantitative estimate of drug-likeness (QED) is 0.927. The zero-order chi connectivity index (χ0) is 15.8. The van der Waals surface area contributed by atoms with Crippen molar-refractivity contribution >= 4 is 5.71 Å². The highest BCUT2D eigenvalue weighted by molar-refractivity contribution is 6.01. The maximum absolute atomic E-state index is 12.7. The molecular formula is C15H11F3N2O2. The van der Waals surface area contributed by atoms with Crippen LogP contribution in [-0.2, 0) is 4.84 Å². The van der Waals surface area contributed by atoms with Gasteiger partial charge in [-0.05, 0) is 22.8 Å². The molecule has 1 unspecified atom stereocenters. The molecule has 0 bridgehead atoms. The molecule has 7 heteroatoms. The number of alkyl halides is 3. The van der Waals surface area contributed by atoms with E-state index in [-0.39, 0.29) is 5.71 Å². The van der Waals surface area contributed by atoms with Crippen LogP contribution in [-0.4, -0.2) is 27.8 Å². The Morgan fingerprint density at radius 2 is 1.73 bits per heavy atom. The molecule has 1 aromatic heterocycles. The highest BCUT2D eigenvalue weighted by Gasteiger charge is 2.60. The van der Waals surface area contributed by atoms with E-state index in [9.17, 15) is 18.3 Å². The summed E-state index contributed by atoms with van der Waals surface area (Å²) in [7, 11) is 0. The molecule has 3 rings (SSSR count). The smallest absolute Gasteiger partial charge is 0.350 e. The van der Waals surface area contributed by atoms with Crippen molar-refractivity contribution in [1.29, 1.82) is 0 Å². The Hall–Kier alpha value is -2.41. The van der Waals surface area contributed by atoms with Crippen molar-refractivity contribution in [2.24, 2.45) is 5.16 Å². The third-order valence-corrected chi connectivity index (χ3v) is 3.37. The van der Waals surface area contributed by atoms with Crippen LogP contribution in [0.4, 0.5) is 13.2 Å². The van der Waals surface area contributed by atoms with Crippen molar-refractivity contribution in [2.75, 3.05) is 0 Å². The maximum atomic E-state index is 12.7. The molecule has 22 heavy (non-hydrogen) atoms. The van der Waals surface area contributed by atoms with Crippen molar-refractivity contribution in [3.05, 3.63) is 54.4 Å². The van der Waals surface area contributed by atoms with Crippen LogP contribution in [0.1, 0.15) is 12.0 Å². The topological polar surface area (TPSA) is 54.7 Å². The predicted molar refractivity (Wildman–Crippen MR) is 72.9 cm³/mol. The van der Waals surface area contributed by atoms with Gasteiger partial charge in [0, 0.05) is 12.4 Å². The molecule has 0 fully saturated rings. The second-order valence-electron chi connectivity index (χ2n) is 4.91. The number of rotatable bonds is 2. The minimum atomic E-state index is -4.89. The van der Waals surface area contributed by atoms with E-state index in [0.29, 0.717) is 5.56 Å². The van der Waals surface area contributed by atoms with Gasteiger partial charge in [-0.2, -0.15) is 13.2 Å². The van der Waals surface area contributed by atoms with Gasteiger partial charge in [-0.25, -0.2) is 0 Å². The molecule has 2 heterocycles. The van der Waals surface area contributed by atoms with Crippen LogP contribution >= 0.6 is 0 Å². The number of hydrogen-bond acceptors (Lipinski definition) is 4. The standard InChI is InChI=1S/C15H11F3N2O2/c16-15(17,18)14(21)8-13(20-22-14)11-5-3-10(4-6-11)12-2-1-7-19-9-12/h1-7,9,21H,8H2. The average Bonchev–Trinajstić information content (AvgIpc) is 2.92. The Balaban J connectivity index is 1.81. The minimum absolute atomic E-state index is 0.0533. The van der Waals surface area contributed by atoms with Crippen LogP contribution in [0.3, 0.4) is 0 Å². The Morgan fingerprint density at radius 3 is 2.27 bits per heavy atom. The lowest BCUT2D eigenvalue weighted by Crippen LogP contribution is -2.45. The molecule has 1 aliphatic rings. The van der Waals surface area contributed by atoms with E-state index in [0.717, 1.165) is 11.1 Å². The fraction of sp³-hybridized carbons (Fsp3) is 0.200. The van der Waals surface area contributed by atoms with Crippen molar-refractivity contribution < 1.29 is 23.1 Å². The molecular weight excluding hydrogens is 297 g/mol. The first-order chi connectivity index (χ1) is 10.4. The summed E-state index contributed by atoms with van der Waals surface area (Å²) in [6, 6.07) is 10.4. The summed E-state index contributed by atoms with van der Waals surface area (Å²) in [6.07, 6.45) is -2.29. The van der Waals surface area contributed by atoms with Gasteiger partial charge in [0.1, 0.15) is 0 Å². The molecule has 0 spiro atoms. The minimum Gasteiger partial charge on any atom is -0.350 e. The fourth-order valence-corrected chi connectivity index (χ4v) is 2.12. The van der Waals surface area contributed by atoms with E-state index in [4.69, 9.17) is 0 Å². The van der Waals surface area contributed by atoms with Gasteiger partial charge in [-0.3, -0.25) is 4.98 Å². The summed E-state index contributed by atoms with van der Waals surface area (Å²) >= 11 is 0. The van der Waals surface area contributed by atoms with E-state index in [1.54, 1.807) is 42.7 Å². The zero-order valence-electron chi connectivity index (χ0n) is 11.2. The first-order valence-electron chi connectivity index (χ1n) is 6.44. The molecule has 1 N–H and O–H groups in total. The number of benzene rings is 1. The van der Waals surface area contributed by atoms with Gasteiger partial charge in [-0.15, -0.1) is 0 Å². The van der Waals surface area contributed by atoms with E-state index >= 15 is 0 Å². The molecule has 1 atom stereocenters. The molecule has 1 aliphatic heterocycles. The molecule has 2 aromatic rings. The summed E-state index contributed by atoms with van der Waals surface area (Å²) in [5, 5.41) is 12.8. The van der Waals surface area contributed by atoms with Crippen molar-refractivity contribution in [1.82, 2.24) is 4.98 Å². The third-order valence-electron chi connectivity index (χ3n) is 3.37. The molecule has 0 amide bonds. The normalized spacial score (nSPS) is 21.4. The molecule has 1 aromatic carbocycles. The van der Waals surface area contributed by atoms with Gasteiger partial charge in [0.15, 0.2) is 0 Å². The highest BCUT2D eigenvalue weighted by Crippen LogP contribution is 2.39. The molecule has 114 valence electrons. The fourth-order valence-electron chi connectivity index (χ4n) is 2.12. The van der Waals surface area contributed by atoms with E-state index in [2.05, 4.69) is 15.0 Å². The van der Waals surface area contributed by atoms with E-state index < -0.39 is 18.4 Å². The second-order valence-corrected chi connectivity index (χ2v) is 4.91. The summed E-state index contributed by atoms with van der Waals surface area (Å²) in [5.41, 5.74) is 2.29. The Labute approximate surface area is 123 Å². The van der Waals surface area contributed by atoms with Crippen LogP contribution in [0.25, 0.3) is 11.1 Å². The van der Waals surface area contributed by atoms with Crippen LogP contribution in [0, 0.1) is 0 Å². The highest BCUT2D eigenvalue weighted by atomic mass is 19.4. The summed E-state index contributed by atoms with van der Waals surface area (Å²) in [6.45, 7) is 0. The predicted octanol–water partition coefficient (Wildman–Crippen LogP) is 3.12. The molecule has 0 aliphatic carbocycles. The number of halogens is 3. The third kappa shape index (κ3) is 2.55. The number of pyridine rings is 1. The summed E-state index contributed by atoms with van der Waals surface area (Å²) in [4.78, 5) is 8.20. The van der Waals surface area contributed by atoms with Gasteiger partial charge in [0.2, 0.25) is 0 Å². The number of aromatic nitrogens is 1. The monoisotopic (exact) mass is 308 g/mol. The lowest BCUT2D eigenvalue weighted by Gasteiger charge is -2.22. The lowest BCUT2D eigenvalue weighted by molar-refractivity contribution is -0.355.